The van der Waals surface area contributed by atoms with Crippen molar-refractivity contribution in [2.45, 2.75) is 6.92 Å². The standard InChI is InChI=1S/C21H16Cl2N4O/c1-13-9-10-27-18(11-13)25-19(14-3-2-4-16(23)12-14)20(27)26-21(28)24-17-7-5-15(22)6-8-17/h2-12H,1H3,(H2,24,26,28). The Morgan fingerprint density at radius 1 is 0.964 bits per heavy atom. The molecule has 4 rings (SSSR count). The van der Waals surface area contributed by atoms with E-state index in [1.165, 1.54) is 0 Å². The molecule has 4 aromatic rings. The van der Waals surface area contributed by atoms with Crippen LogP contribution < -0.4 is 10.6 Å². The van der Waals surface area contributed by atoms with Crippen LogP contribution in [0.15, 0.2) is 66.9 Å². The molecular weight excluding hydrogens is 395 g/mol. The molecule has 7 heteroatoms. The van der Waals surface area contributed by atoms with Gasteiger partial charge in [-0.25, -0.2) is 9.78 Å². The van der Waals surface area contributed by atoms with Crippen molar-refractivity contribution in [1.82, 2.24) is 9.38 Å². The minimum Gasteiger partial charge on any atom is -0.308 e. The van der Waals surface area contributed by atoms with Gasteiger partial charge in [0.1, 0.15) is 17.2 Å². The quantitative estimate of drug-likeness (QED) is 0.418. The van der Waals surface area contributed by atoms with Gasteiger partial charge in [0.2, 0.25) is 0 Å². The summed E-state index contributed by atoms with van der Waals surface area (Å²) in [5.74, 6) is 0.559. The predicted octanol–water partition coefficient (Wildman–Crippen LogP) is 6.26. The van der Waals surface area contributed by atoms with Crippen LogP contribution in [0.2, 0.25) is 10.0 Å². The van der Waals surface area contributed by atoms with Crippen LogP contribution in [0.4, 0.5) is 16.3 Å². The van der Waals surface area contributed by atoms with Gasteiger partial charge in [0, 0.05) is 27.5 Å². The summed E-state index contributed by atoms with van der Waals surface area (Å²) in [5.41, 5.74) is 3.90. The average molecular weight is 411 g/mol. The van der Waals surface area contributed by atoms with E-state index in [4.69, 9.17) is 28.2 Å². The smallest absolute Gasteiger partial charge is 0.308 e. The summed E-state index contributed by atoms with van der Waals surface area (Å²) in [6.45, 7) is 1.99. The number of rotatable bonds is 3. The SMILES string of the molecule is Cc1ccn2c(NC(=O)Nc3ccc(Cl)cc3)c(-c3cccc(Cl)c3)nc2c1. The number of hydrogen-bond acceptors (Lipinski definition) is 2. The molecule has 5 nitrogen and oxygen atoms in total. The Morgan fingerprint density at radius 3 is 2.50 bits per heavy atom. The lowest BCUT2D eigenvalue weighted by atomic mass is 10.1. The van der Waals surface area contributed by atoms with E-state index in [9.17, 15) is 4.79 Å². The number of urea groups is 1. The van der Waals surface area contributed by atoms with E-state index in [0.29, 0.717) is 27.2 Å². The van der Waals surface area contributed by atoms with Gasteiger partial charge in [0.25, 0.3) is 0 Å². The molecule has 2 aromatic heterocycles. The Balaban J connectivity index is 1.73. The topological polar surface area (TPSA) is 58.4 Å². The number of amides is 2. The van der Waals surface area contributed by atoms with Gasteiger partial charge in [0.05, 0.1) is 0 Å². The molecule has 0 spiro atoms. The number of fused-ring (bicyclic) bond motifs is 1. The summed E-state index contributed by atoms with van der Waals surface area (Å²) >= 11 is 12.0. The van der Waals surface area contributed by atoms with E-state index in [1.54, 1.807) is 30.3 Å². The summed E-state index contributed by atoms with van der Waals surface area (Å²) in [7, 11) is 0. The molecule has 0 aliphatic heterocycles. The number of aromatic nitrogens is 2. The fourth-order valence-corrected chi connectivity index (χ4v) is 3.22. The van der Waals surface area contributed by atoms with Gasteiger partial charge in [0.15, 0.2) is 0 Å². The van der Waals surface area contributed by atoms with Crippen LogP contribution >= 0.6 is 23.2 Å². The third-order valence-corrected chi connectivity index (χ3v) is 4.70. The first kappa shape index (κ1) is 18.3. The molecule has 0 aliphatic rings. The van der Waals surface area contributed by atoms with Crippen LogP contribution in [0.25, 0.3) is 16.9 Å². The van der Waals surface area contributed by atoms with Gasteiger partial charge in [-0.2, -0.15) is 0 Å². The Labute approximate surface area is 171 Å². The molecule has 2 N–H and O–H groups in total. The van der Waals surface area contributed by atoms with Crippen molar-refractivity contribution < 1.29 is 4.79 Å². The van der Waals surface area contributed by atoms with E-state index in [-0.39, 0.29) is 6.03 Å². The van der Waals surface area contributed by atoms with Crippen molar-refractivity contribution in [2.75, 3.05) is 10.6 Å². The monoisotopic (exact) mass is 410 g/mol. The Bertz CT molecular complexity index is 1170. The molecule has 2 heterocycles. The zero-order valence-electron chi connectivity index (χ0n) is 14.9. The van der Waals surface area contributed by atoms with Crippen molar-refractivity contribution in [1.29, 1.82) is 0 Å². The highest BCUT2D eigenvalue weighted by Crippen LogP contribution is 2.30. The number of hydrogen-bond donors (Lipinski definition) is 2. The molecule has 0 aliphatic carbocycles. The van der Waals surface area contributed by atoms with Gasteiger partial charge < -0.3 is 5.32 Å². The number of carbonyl (C=O) groups excluding carboxylic acids is 1. The zero-order valence-corrected chi connectivity index (χ0v) is 16.4. The van der Waals surface area contributed by atoms with Crippen LogP contribution in [0.5, 0.6) is 0 Å². The molecule has 0 saturated carbocycles. The lowest BCUT2D eigenvalue weighted by Crippen LogP contribution is -2.20. The second-order valence-corrected chi connectivity index (χ2v) is 7.21. The van der Waals surface area contributed by atoms with E-state index in [2.05, 4.69) is 10.6 Å². The van der Waals surface area contributed by atoms with Crippen molar-refractivity contribution >= 4 is 46.4 Å². The lowest BCUT2D eigenvalue weighted by Gasteiger charge is -2.10. The van der Waals surface area contributed by atoms with Crippen molar-refractivity contribution in [3.8, 4) is 11.3 Å². The van der Waals surface area contributed by atoms with Crippen molar-refractivity contribution in [3.05, 3.63) is 82.5 Å². The third-order valence-electron chi connectivity index (χ3n) is 4.21. The molecule has 0 fully saturated rings. The highest BCUT2D eigenvalue weighted by molar-refractivity contribution is 6.31. The van der Waals surface area contributed by atoms with E-state index in [0.717, 1.165) is 16.8 Å². The number of aryl methyl sites for hydroxylation is 1. The number of benzene rings is 2. The number of nitrogens with one attached hydrogen (secondary N) is 2. The Hall–Kier alpha value is -3.02. The number of anilines is 2. The molecule has 2 aromatic carbocycles. The van der Waals surface area contributed by atoms with Gasteiger partial charge in [-0.15, -0.1) is 0 Å². The molecule has 0 radical (unpaired) electrons. The van der Waals surface area contributed by atoms with Crippen molar-refractivity contribution in [3.63, 3.8) is 0 Å². The number of imidazole rings is 1. The lowest BCUT2D eigenvalue weighted by molar-refractivity contribution is 0.262. The first-order valence-corrected chi connectivity index (χ1v) is 9.33. The molecule has 2 amide bonds. The highest BCUT2D eigenvalue weighted by Gasteiger charge is 2.17. The summed E-state index contributed by atoms with van der Waals surface area (Å²) in [6.07, 6.45) is 1.88. The molecule has 28 heavy (non-hydrogen) atoms. The van der Waals surface area contributed by atoms with Crippen LogP contribution in [-0.2, 0) is 0 Å². The number of pyridine rings is 1. The first-order chi connectivity index (χ1) is 13.5. The number of nitrogens with zero attached hydrogens (tertiary/aromatic N) is 2. The van der Waals surface area contributed by atoms with Crippen LogP contribution in [-0.4, -0.2) is 15.4 Å². The van der Waals surface area contributed by atoms with Gasteiger partial charge in [-0.3, -0.25) is 9.72 Å². The first-order valence-electron chi connectivity index (χ1n) is 8.58. The Kier molecular flexibility index (Phi) is 4.94. The van der Waals surface area contributed by atoms with Gasteiger partial charge in [-0.05, 0) is 61.0 Å². The summed E-state index contributed by atoms with van der Waals surface area (Å²) in [4.78, 5) is 17.3. The van der Waals surface area contributed by atoms with E-state index in [1.807, 2.05) is 47.9 Å². The van der Waals surface area contributed by atoms with Crippen LogP contribution in [0.1, 0.15) is 5.56 Å². The Morgan fingerprint density at radius 2 is 1.75 bits per heavy atom. The molecule has 0 saturated heterocycles. The fraction of sp³-hybridized carbons (Fsp3) is 0.0476. The summed E-state index contributed by atoms with van der Waals surface area (Å²) < 4.78 is 1.84. The van der Waals surface area contributed by atoms with Crippen molar-refractivity contribution in [2.24, 2.45) is 0 Å². The van der Waals surface area contributed by atoms with Gasteiger partial charge >= 0.3 is 6.03 Å². The number of halogens is 2. The maximum Gasteiger partial charge on any atom is 0.324 e. The second kappa shape index (κ2) is 7.54. The number of carbonyl (C=O) groups is 1. The third kappa shape index (κ3) is 3.81. The van der Waals surface area contributed by atoms with Gasteiger partial charge in [-0.1, -0.05) is 35.3 Å². The molecule has 0 atom stereocenters. The molecule has 0 bridgehead atoms. The fourth-order valence-electron chi connectivity index (χ4n) is 2.91. The summed E-state index contributed by atoms with van der Waals surface area (Å²) in [6, 6.07) is 17.8. The maximum atomic E-state index is 12.6. The maximum absolute atomic E-state index is 12.6. The van der Waals surface area contributed by atoms with E-state index < -0.39 is 0 Å². The largest absolute Gasteiger partial charge is 0.324 e. The second-order valence-electron chi connectivity index (χ2n) is 6.34. The molecule has 140 valence electrons. The van der Waals surface area contributed by atoms with E-state index >= 15 is 0 Å². The highest BCUT2D eigenvalue weighted by atomic mass is 35.5. The molecular formula is C21H16Cl2N4O. The van der Waals surface area contributed by atoms with Crippen LogP contribution in [0.3, 0.4) is 0 Å². The minimum atomic E-state index is -0.382. The predicted molar refractivity (Wildman–Crippen MR) is 114 cm³/mol. The average Bonchev–Trinajstić information content (AvgIpc) is 3.01. The minimum absolute atomic E-state index is 0.382. The molecule has 0 unspecified atom stereocenters. The zero-order chi connectivity index (χ0) is 19.7. The summed E-state index contributed by atoms with van der Waals surface area (Å²) in [5, 5.41) is 6.91. The van der Waals surface area contributed by atoms with Crippen LogP contribution in [0, 0.1) is 6.92 Å². The normalized spacial score (nSPS) is 10.8.